The number of hydrogen-bond donors (Lipinski definition) is 2. The predicted molar refractivity (Wildman–Crippen MR) is 94.8 cm³/mol. The molecule has 8 heteroatoms. The minimum atomic E-state index is 0.354. The molecule has 0 fully saturated rings. The lowest BCUT2D eigenvalue weighted by Gasteiger charge is -2.08. The van der Waals surface area contributed by atoms with Gasteiger partial charge in [-0.05, 0) is 18.2 Å². The summed E-state index contributed by atoms with van der Waals surface area (Å²) >= 11 is 7.87. The van der Waals surface area contributed by atoms with Crippen molar-refractivity contribution in [2.45, 2.75) is 18.1 Å². The minimum Gasteiger partial charge on any atom is -0.495 e. The SMILES string of the molecule is COc1ccc(NC(N)=NCCc2cn3c(n2)SCC3)cc1Cl. The molecule has 122 valence electrons. The first-order valence-electron chi connectivity index (χ1n) is 7.25. The van der Waals surface area contributed by atoms with Gasteiger partial charge in [0.15, 0.2) is 11.1 Å². The summed E-state index contributed by atoms with van der Waals surface area (Å²) in [6.45, 7) is 1.63. The molecule has 0 saturated carbocycles. The van der Waals surface area contributed by atoms with Crippen LogP contribution in [0.5, 0.6) is 5.75 Å². The third-order valence-electron chi connectivity index (χ3n) is 3.43. The maximum atomic E-state index is 6.08. The van der Waals surface area contributed by atoms with Gasteiger partial charge in [-0.25, -0.2) is 4.98 Å². The summed E-state index contributed by atoms with van der Waals surface area (Å²) in [6, 6.07) is 5.37. The number of aryl methyl sites for hydroxylation is 1. The van der Waals surface area contributed by atoms with Gasteiger partial charge in [0.1, 0.15) is 5.75 Å². The highest BCUT2D eigenvalue weighted by atomic mass is 35.5. The maximum absolute atomic E-state index is 6.08. The Morgan fingerprint density at radius 3 is 3.17 bits per heavy atom. The quantitative estimate of drug-likeness (QED) is 0.639. The topological polar surface area (TPSA) is 77.5 Å². The highest BCUT2D eigenvalue weighted by Gasteiger charge is 2.13. The lowest BCUT2D eigenvalue weighted by molar-refractivity contribution is 0.415. The van der Waals surface area contributed by atoms with Crippen molar-refractivity contribution in [3.8, 4) is 5.75 Å². The molecule has 1 aliphatic heterocycles. The Bertz CT molecular complexity index is 709. The molecule has 0 bridgehead atoms. The molecule has 1 aliphatic rings. The molecule has 2 heterocycles. The molecule has 0 radical (unpaired) electrons. The Labute approximate surface area is 144 Å². The molecule has 1 aromatic carbocycles. The molecule has 0 saturated heterocycles. The summed E-state index contributed by atoms with van der Waals surface area (Å²) in [5.74, 6) is 2.09. The van der Waals surface area contributed by atoms with Gasteiger partial charge >= 0.3 is 0 Å². The third-order valence-corrected chi connectivity index (χ3v) is 4.69. The van der Waals surface area contributed by atoms with Crippen LogP contribution in [0.4, 0.5) is 5.69 Å². The Balaban J connectivity index is 1.54. The molecule has 0 unspecified atom stereocenters. The minimum absolute atomic E-state index is 0.354. The molecule has 2 aromatic rings. The van der Waals surface area contributed by atoms with Crippen molar-refractivity contribution in [3.63, 3.8) is 0 Å². The first kappa shape index (κ1) is 16.0. The Morgan fingerprint density at radius 2 is 2.43 bits per heavy atom. The summed E-state index contributed by atoms with van der Waals surface area (Å²) < 4.78 is 7.30. The monoisotopic (exact) mass is 351 g/mol. The lowest BCUT2D eigenvalue weighted by Crippen LogP contribution is -2.23. The number of imidazole rings is 1. The zero-order valence-electron chi connectivity index (χ0n) is 12.8. The van der Waals surface area contributed by atoms with E-state index in [0.29, 0.717) is 23.3 Å². The number of aliphatic imine (C=N–C) groups is 1. The van der Waals surface area contributed by atoms with Crippen LogP contribution in [0.25, 0.3) is 0 Å². The summed E-state index contributed by atoms with van der Waals surface area (Å²) in [5.41, 5.74) is 7.72. The van der Waals surface area contributed by atoms with Crippen LogP contribution >= 0.6 is 23.4 Å². The number of anilines is 1. The molecule has 0 atom stereocenters. The van der Waals surface area contributed by atoms with E-state index >= 15 is 0 Å². The fraction of sp³-hybridized carbons (Fsp3) is 0.333. The van der Waals surface area contributed by atoms with E-state index in [4.69, 9.17) is 22.1 Å². The van der Waals surface area contributed by atoms with E-state index in [-0.39, 0.29) is 0 Å². The number of nitrogens with one attached hydrogen (secondary N) is 1. The van der Waals surface area contributed by atoms with E-state index in [2.05, 4.69) is 26.1 Å². The average molecular weight is 352 g/mol. The second-order valence-corrected chi connectivity index (χ2v) is 6.52. The van der Waals surface area contributed by atoms with Crippen molar-refractivity contribution < 1.29 is 4.74 Å². The van der Waals surface area contributed by atoms with Crippen molar-refractivity contribution >= 4 is 35.0 Å². The molecule has 1 aromatic heterocycles. The number of thioether (sulfide) groups is 1. The molecule has 0 amide bonds. The number of rotatable bonds is 5. The van der Waals surface area contributed by atoms with Gasteiger partial charge in [0.25, 0.3) is 0 Å². The van der Waals surface area contributed by atoms with E-state index in [0.717, 1.165) is 35.3 Å². The van der Waals surface area contributed by atoms with Crippen LogP contribution in [0.15, 0.2) is 34.5 Å². The van der Waals surface area contributed by atoms with Gasteiger partial charge in [0.05, 0.1) is 17.8 Å². The van der Waals surface area contributed by atoms with E-state index < -0.39 is 0 Å². The number of nitrogens with two attached hydrogens (primary N) is 1. The number of halogens is 1. The van der Waals surface area contributed by atoms with Crippen LogP contribution in [0.1, 0.15) is 5.69 Å². The first-order valence-corrected chi connectivity index (χ1v) is 8.61. The van der Waals surface area contributed by atoms with Gasteiger partial charge < -0.3 is 20.4 Å². The van der Waals surface area contributed by atoms with Gasteiger partial charge in [-0.15, -0.1) is 0 Å². The largest absolute Gasteiger partial charge is 0.495 e. The molecule has 3 rings (SSSR count). The van der Waals surface area contributed by atoms with Crippen LogP contribution in [-0.2, 0) is 13.0 Å². The average Bonchev–Trinajstić information content (AvgIpc) is 3.08. The molecular formula is C15H18ClN5OS. The van der Waals surface area contributed by atoms with Gasteiger partial charge in [0, 0.05) is 37.1 Å². The second kappa shape index (κ2) is 7.14. The Kier molecular flexibility index (Phi) is 4.97. The molecule has 0 aliphatic carbocycles. The zero-order valence-corrected chi connectivity index (χ0v) is 14.3. The fourth-order valence-corrected chi connectivity index (χ4v) is 3.52. The summed E-state index contributed by atoms with van der Waals surface area (Å²) in [4.78, 5) is 8.89. The van der Waals surface area contributed by atoms with Gasteiger partial charge in [-0.2, -0.15) is 0 Å². The normalized spacial score (nSPS) is 13.9. The van der Waals surface area contributed by atoms with Crippen LogP contribution in [0.3, 0.4) is 0 Å². The van der Waals surface area contributed by atoms with Crippen LogP contribution in [-0.4, -0.2) is 34.9 Å². The number of nitrogens with zero attached hydrogens (tertiary/aromatic N) is 3. The van der Waals surface area contributed by atoms with E-state index in [9.17, 15) is 0 Å². The molecule has 6 nitrogen and oxygen atoms in total. The summed E-state index contributed by atoms with van der Waals surface area (Å²) in [5, 5.41) is 4.64. The van der Waals surface area contributed by atoms with E-state index in [1.165, 1.54) is 0 Å². The number of methoxy groups -OCH3 is 1. The van der Waals surface area contributed by atoms with E-state index in [1.54, 1.807) is 31.0 Å². The highest BCUT2D eigenvalue weighted by molar-refractivity contribution is 7.99. The van der Waals surface area contributed by atoms with Crippen LogP contribution in [0.2, 0.25) is 5.02 Å². The van der Waals surface area contributed by atoms with Crippen molar-refractivity contribution in [2.75, 3.05) is 24.7 Å². The number of benzene rings is 1. The molecule has 3 N–H and O–H groups in total. The summed E-state index contributed by atoms with van der Waals surface area (Å²) in [6.07, 6.45) is 2.87. The van der Waals surface area contributed by atoms with Gasteiger partial charge in [-0.1, -0.05) is 23.4 Å². The molecule has 23 heavy (non-hydrogen) atoms. The predicted octanol–water partition coefficient (Wildman–Crippen LogP) is 2.62. The third kappa shape index (κ3) is 3.92. The number of hydrogen-bond acceptors (Lipinski definition) is 4. The Hall–Kier alpha value is -1.86. The summed E-state index contributed by atoms with van der Waals surface area (Å²) in [7, 11) is 1.58. The van der Waals surface area contributed by atoms with Crippen molar-refractivity contribution in [1.82, 2.24) is 9.55 Å². The molecular weight excluding hydrogens is 334 g/mol. The number of aromatic nitrogens is 2. The fourth-order valence-electron chi connectivity index (χ4n) is 2.30. The first-order chi connectivity index (χ1) is 11.2. The zero-order chi connectivity index (χ0) is 16.2. The smallest absolute Gasteiger partial charge is 0.193 e. The maximum Gasteiger partial charge on any atom is 0.193 e. The molecule has 0 spiro atoms. The van der Waals surface area contributed by atoms with Crippen molar-refractivity contribution in [1.29, 1.82) is 0 Å². The van der Waals surface area contributed by atoms with Crippen LogP contribution < -0.4 is 15.8 Å². The Morgan fingerprint density at radius 1 is 1.57 bits per heavy atom. The number of ether oxygens (including phenoxy) is 1. The van der Waals surface area contributed by atoms with Crippen LogP contribution in [0, 0.1) is 0 Å². The standard InChI is InChI=1S/C15H18ClN5OS/c1-22-13-3-2-10(8-12(13)16)19-14(17)18-5-4-11-9-21-6-7-23-15(21)20-11/h2-3,8-9H,4-7H2,1H3,(H3,17,18,19). The highest BCUT2D eigenvalue weighted by Crippen LogP contribution is 2.27. The van der Waals surface area contributed by atoms with Gasteiger partial charge in [-0.3, -0.25) is 4.99 Å². The number of fused-ring (bicyclic) bond motifs is 1. The van der Waals surface area contributed by atoms with Gasteiger partial charge in [0.2, 0.25) is 0 Å². The van der Waals surface area contributed by atoms with E-state index in [1.807, 2.05) is 6.07 Å². The van der Waals surface area contributed by atoms with Crippen molar-refractivity contribution in [2.24, 2.45) is 10.7 Å². The number of guanidine groups is 1. The van der Waals surface area contributed by atoms with Crippen molar-refractivity contribution in [3.05, 3.63) is 35.1 Å². The second-order valence-electron chi connectivity index (χ2n) is 5.05. The lowest BCUT2D eigenvalue weighted by atomic mass is 10.3.